The Balaban J connectivity index is 0.000000223. The molecule has 0 aromatic heterocycles. The molecule has 0 aliphatic carbocycles. The molecule has 1 heterocycles. The first-order valence-electron chi connectivity index (χ1n) is 4.79. The van der Waals surface area contributed by atoms with E-state index in [9.17, 15) is 0 Å². The van der Waals surface area contributed by atoms with Crippen LogP contribution in [0.25, 0.3) is 0 Å². The van der Waals surface area contributed by atoms with Crippen molar-refractivity contribution in [3.05, 3.63) is 0 Å². The predicted molar refractivity (Wildman–Crippen MR) is 49.7 cm³/mol. The average molecular weight is 192 g/mol. The Morgan fingerprint density at radius 3 is 1.69 bits per heavy atom. The standard InChI is InChI=1S/C5H10O.C4H10O3/c1-2-4-6-5-3-1;5-1-3-7-4-2-6/h1-5H2;5-6H,1-4H2. The normalized spacial score (nSPS) is 16.2. The third-order valence-electron chi connectivity index (χ3n) is 1.55. The summed E-state index contributed by atoms with van der Waals surface area (Å²) < 4.78 is 9.70. The summed E-state index contributed by atoms with van der Waals surface area (Å²) in [4.78, 5) is 0. The first kappa shape index (κ1) is 12.8. The zero-order valence-corrected chi connectivity index (χ0v) is 8.07. The van der Waals surface area contributed by atoms with E-state index in [1.165, 1.54) is 19.3 Å². The molecule has 2 N–H and O–H groups in total. The molecule has 4 heteroatoms. The number of hydrogen-bond acceptors (Lipinski definition) is 4. The van der Waals surface area contributed by atoms with Gasteiger partial charge in [0, 0.05) is 13.2 Å². The van der Waals surface area contributed by atoms with Crippen LogP contribution in [0.4, 0.5) is 0 Å². The molecule has 80 valence electrons. The average Bonchev–Trinajstić information content (AvgIpc) is 2.22. The molecule has 1 aliphatic rings. The van der Waals surface area contributed by atoms with E-state index in [-0.39, 0.29) is 13.2 Å². The van der Waals surface area contributed by atoms with E-state index in [1.807, 2.05) is 0 Å². The summed E-state index contributed by atoms with van der Waals surface area (Å²) in [6, 6.07) is 0. The highest BCUT2D eigenvalue weighted by atomic mass is 16.5. The van der Waals surface area contributed by atoms with Crippen LogP contribution in [0.5, 0.6) is 0 Å². The van der Waals surface area contributed by atoms with Gasteiger partial charge in [-0.3, -0.25) is 0 Å². The van der Waals surface area contributed by atoms with Crippen LogP contribution in [0.1, 0.15) is 19.3 Å². The molecule has 1 rings (SSSR count). The molecule has 4 nitrogen and oxygen atoms in total. The monoisotopic (exact) mass is 192 g/mol. The van der Waals surface area contributed by atoms with Crippen LogP contribution in [-0.4, -0.2) is 49.9 Å². The minimum Gasteiger partial charge on any atom is -0.394 e. The quantitative estimate of drug-likeness (QED) is 0.624. The number of rotatable bonds is 4. The molecule has 0 saturated carbocycles. The maximum atomic E-state index is 8.09. The van der Waals surface area contributed by atoms with Crippen molar-refractivity contribution >= 4 is 0 Å². The second kappa shape index (κ2) is 11.8. The molecular formula is C9H20O4. The molecule has 1 fully saturated rings. The van der Waals surface area contributed by atoms with Crippen molar-refractivity contribution in [1.82, 2.24) is 0 Å². The molecule has 13 heavy (non-hydrogen) atoms. The fourth-order valence-corrected chi connectivity index (χ4v) is 0.918. The summed E-state index contributed by atoms with van der Waals surface area (Å²) in [6.07, 6.45) is 3.93. The molecule has 0 aromatic rings. The molecule has 1 saturated heterocycles. The van der Waals surface area contributed by atoms with Crippen LogP contribution >= 0.6 is 0 Å². The van der Waals surface area contributed by atoms with Gasteiger partial charge in [-0.25, -0.2) is 0 Å². The summed E-state index contributed by atoms with van der Waals surface area (Å²) >= 11 is 0. The summed E-state index contributed by atoms with van der Waals surface area (Å²) in [7, 11) is 0. The van der Waals surface area contributed by atoms with Crippen LogP contribution in [0, 0.1) is 0 Å². The van der Waals surface area contributed by atoms with Gasteiger partial charge in [-0.05, 0) is 19.3 Å². The highest BCUT2D eigenvalue weighted by molar-refractivity contribution is 4.45. The lowest BCUT2D eigenvalue weighted by Crippen LogP contribution is -2.03. The summed E-state index contributed by atoms with van der Waals surface area (Å²) in [6.45, 7) is 2.70. The lowest BCUT2D eigenvalue weighted by Gasteiger charge is -2.08. The Morgan fingerprint density at radius 2 is 1.46 bits per heavy atom. The van der Waals surface area contributed by atoms with Gasteiger partial charge in [0.25, 0.3) is 0 Å². The van der Waals surface area contributed by atoms with Crippen molar-refractivity contribution in [2.45, 2.75) is 19.3 Å². The molecule has 1 aliphatic heterocycles. The van der Waals surface area contributed by atoms with Crippen molar-refractivity contribution in [3.8, 4) is 0 Å². The number of hydrogen-bond donors (Lipinski definition) is 2. The van der Waals surface area contributed by atoms with Crippen molar-refractivity contribution in [1.29, 1.82) is 0 Å². The zero-order valence-electron chi connectivity index (χ0n) is 8.07. The van der Waals surface area contributed by atoms with E-state index < -0.39 is 0 Å². The van der Waals surface area contributed by atoms with E-state index in [1.54, 1.807) is 0 Å². The third-order valence-corrected chi connectivity index (χ3v) is 1.55. The van der Waals surface area contributed by atoms with Gasteiger partial charge in [0.2, 0.25) is 0 Å². The van der Waals surface area contributed by atoms with Gasteiger partial charge in [-0.15, -0.1) is 0 Å². The Kier molecular flexibility index (Phi) is 11.7. The number of aliphatic hydroxyl groups excluding tert-OH is 2. The molecule has 0 spiro atoms. The van der Waals surface area contributed by atoms with Crippen LogP contribution < -0.4 is 0 Å². The van der Waals surface area contributed by atoms with Crippen LogP contribution in [0.15, 0.2) is 0 Å². The number of aliphatic hydroxyl groups is 2. The maximum absolute atomic E-state index is 8.09. The van der Waals surface area contributed by atoms with E-state index in [4.69, 9.17) is 14.9 Å². The predicted octanol–water partition coefficient (Wildman–Crippen LogP) is 0.175. The first-order chi connectivity index (χ1) is 6.41. The van der Waals surface area contributed by atoms with E-state index >= 15 is 0 Å². The topological polar surface area (TPSA) is 58.9 Å². The van der Waals surface area contributed by atoms with Crippen LogP contribution in [-0.2, 0) is 9.47 Å². The van der Waals surface area contributed by atoms with Gasteiger partial charge < -0.3 is 19.7 Å². The lowest BCUT2D eigenvalue weighted by atomic mass is 10.2. The van der Waals surface area contributed by atoms with E-state index in [0.717, 1.165) is 13.2 Å². The van der Waals surface area contributed by atoms with Gasteiger partial charge in [0.1, 0.15) is 0 Å². The lowest BCUT2D eigenvalue weighted by molar-refractivity contribution is 0.0650. The Bertz CT molecular complexity index is 68.2. The molecular weight excluding hydrogens is 172 g/mol. The third kappa shape index (κ3) is 11.8. The van der Waals surface area contributed by atoms with Crippen LogP contribution in [0.2, 0.25) is 0 Å². The molecule has 0 radical (unpaired) electrons. The summed E-state index contributed by atoms with van der Waals surface area (Å²) in [5.41, 5.74) is 0. The van der Waals surface area contributed by atoms with Crippen molar-refractivity contribution in [3.63, 3.8) is 0 Å². The Labute approximate surface area is 79.5 Å². The van der Waals surface area contributed by atoms with Gasteiger partial charge in [0.05, 0.1) is 26.4 Å². The summed E-state index contributed by atoms with van der Waals surface area (Å²) in [5.74, 6) is 0. The molecule has 0 aromatic carbocycles. The van der Waals surface area contributed by atoms with Crippen molar-refractivity contribution in [2.75, 3.05) is 39.6 Å². The largest absolute Gasteiger partial charge is 0.394 e. The van der Waals surface area contributed by atoms with Gasteiger partial charge in [0.15, 0.2) is 0 Å². The van der Waals surface area contributed by atoms with Crippen molar-refractivity contribution < 1.29 is 19.7 Å². The zero-order chi connectivity index (χ0) is 9.78. The van der Waals surface area contributed by atoms with E-state index in [2.05, 4.69) is 4.74 Å². The second-order valence-electron chi connectivity index (χ2n) is 2.73. The molecule has 0 atom stereocenters. The fourth-order valence-electron chi connectivity index (χ4n) is 0.918. The Hall–Kier alpha value is -0.160. The fraction of sp³-hybridized carbons (Fsp3) is 1.00. The minimum absolute atomic E-state index is 0.0278. The van der Waals surface area contributed by atoms with Gasteiger partial charge in [-0.2, -0.15) is 0 Å². The smallest absolute Gasteiger partial charge is 0.0698 e. The first-order valence-corrected chi connectivity index (χ1v) is 4.79. The molecule has 0 amide bonds. The van der Waals surface area contributed by atoms with E-state index in [0.29, 0.717) is 13.2 Å². The summed E-state index contributed by atoms with van der Waals surface area (Å²) in [5, 5.41) is 16.2. The highest BCUT2D eigenvalue weighted by Gasteiger charge is 1.95. The maximum Gasteiger partial charge on any atom is 0.0698 e. The van der Waals surface area contributed by atoms with Crippen molar-refractivity contribution in [2.24, 2.45) is 0 Å². The SMILES string of the molecule is C1CCOCC1.OCCOCCO. The second-order valence-corrected chi connectivity index (χ2v) is 2.73. The molecule has 0 bridgehead atoms. The highest BCUT2D eigenvalue weighted by Crippen LogP contribution is 2.02. The minimum atomic E-state index is 0.0278. The van der Waals surface area contributed by atoms with Gasteiger partial charge >= 0.3 is 0 Å². The van der Waals surface area contributed by atoms with Gasteiger partial charge in [-0.1, -0.05) is 0 Å². The molecule has 0 unspecified atom stereocenters. The van der Waals surface area contributed by atoms with Crippen LogP contribution in [0.3, 0.4) is 0 Å². The number of ether oxygens (including phenoxy) is 2. The Morgan fingerprint density at radius 1 is 0.923 bits per heavy atom.